The van der Waals surface area contributed by atoms with Gasteiger partial charge in [0.1, 0.15) is 0 Å². The van der Waals surface area contributed by atoms with Crippen LogP contribution in [0.5, 0.6) is 0 Å². The number of rotatable bonds is 3. The number of carbonyl (C=O) groups is 1. The summed E-state index contributed by atoms with van der Waals surface area (Å²) < 4.78 is 1.71. The molecule has 112 valence electrons. The first kappa shape index (κ1) is 14.3. The molecule has 0 saturated heterocycles. The van der Waals surface area contributed by atoms with Crippen LogP contribution in [0.3, 0.4) is 0 Å². The van der Waals surface area contributed by atoms with E-state index in [-0.39, 0.29) is 5.56 Å². The van der Waals surface area contributed by atoms with Gasteiger partial charge in [-0.3, -0.25) is 0 Å². The Morgan fingerprint density at radius 3 is 2.50 bits per heavy atom. The number of nitrogens with zero attached hydrogens (tertiary/aromatic N) is 3. The lowest BCUT2D eigenvalue weighted by Crippen LogP contribution is -2.02. The Balaban J connectivity index is 2.28. The number of fused-ring (bicyclic) bond motifs is 1. The third-order valence-corrected chi connectivity index (χ3v) is 3.76. The molecule has 2 heterocycles. The monoisotopic (exact) mass is 295 g/mol. The van der Waals surface area contributed by atoms with E-state index in [1.54, 1.807) is 17.7 Å². The fraction of sp³-hybridized carbons (Fsp3) is 0.235. The van der Waals surface area contributed by atoms with Gasteiger partial charge in [-0.05, 0) is 44.0 Å². The molecule has 3 aromatic rings. The third-order valence-electron chi connectivity index (χ3n) is 3.76. The lowest BCUT2D eigenvalue weighted by Gasteiger charge is -2.05. The molecule has 0 amide bonds. The molecule has 0 unspecified atom stereocenters. The van der Waals surface area contributed by atoms with E-state index < -0.39 is 5.97 Å². The lowest BCUT2D eigenvalue weighted by atomic mass is 10.1. The maximum absolute atomic E-state index is 11.5. The smallest absolute Gasteiger partial charge is 0.336 e. The van der Waals surface area contributed by atoms with Gasteiger partial charge in [0, 0.05) is 5.69 Å². The minimum Gasteiger partial charge on any atom is -0.478 e. The van der Waals surface area contributed by atoms with E-state index in [9.17, 15) is 9.90 Å². The van der Waals surface area contributed by atoms with Crippen LogP contribution >= 0.6 is 0 Å². The van der Waals surface area contributed by atoms with Gasteiger partial charge in [0.2, 0.25) is 0 Å². The molecule has 22 heavy (non-hydrogen) atoms. The first-order chi connectivity index (χ1) is 10.5. The summed E-state index contributed by atoms with van der Waals surface area (Å²) in [5.74, 6) is -0.959. The van der Waals surface area contributed by atoms with Gasteiger partial charge in [-0.25, -0.2) is 14.5 Å². The fourth-order valence-electron chi connectivity index (χ4n) is 2.64. The number of hydrogen-bond donors (Lipinski definition) is 1. The maximum atomic E-state index is 11.5. The van der Waals surface area contributed by atoms with Crippen molar-refractivity contribution in [2.75, 3.05) is 0 Å². The third kappa shape index (κ3) is 2.24. The summed E-state index contributed by atoms with van der Waals surface area (Å²) in [4.78, 5) is 16.0. The van der Waals surface area contributed by atoms with Crippen molar-refractivity contribution in [2.24, 2.45) is 0 Å². The summed E-state index contributed by atoms with van der Waals surface area (Å²) in [7, 11) is 0. The topological polar surface area (TPSA) is 68.0 Å². The summed E-state index contributed by atoms with van der Waals surface area (Å²) in [5, 5.41) is 14.5. The molecule has 3 rings (SSSR count). The van der Waals surface area contributed by atoms with Crippen LogP contribution in [0.4, 0.5) is 0 Å². The Labute approximate surface area is 128 Å². The minimum atomic E-state index is -0.959. The number of benzene rings is 1. The molecule has 2 aromatic heterocycles. The van der Waals surface area contributed by atoms with Gasteiger partial charge in [0.15, 0.2) is 5.65 Å². The molecular formula is C17H17N3O2. The van der Waals surface area contributed by atoms with Crippen molar-refractivity contribution >= 4 is 17.0 Å². The minimum absolute atomic E-state index is 0.247. The Bertz CT molecular complexity index is 864. The van der Waals surface area contributed by atoms with E-state index in [0.717, 1.165) is 12.1 Å². The van der Waals surface area contributed by atoms with Gasteiger partial charge in [-0.15, -0.1) is 0 Å². The van der Waals surface area contributed by atoms with Crippen molar-refractivity contribution < 1.29 is 9.90 Å². The van der Waals surface area contributed by atoms with Crippen molar-refractivity contribution in [3.05, 3.63) is 52.8 Å². The predicted molar refractivity (Wildman–Crippen MR) is 84.7 cm³/mol. The van der Waals surface area contributed by atoms with Gasteiger partial charge in [-0.1, -0.05) is 19.1 Å². The highest BCUT2D eigenvalue weighted by atomic mass is 16.4. The van der Waals surface area contributed by atoms with Crippen LogP contribution in [-0.2, 0) is 6.42 Å². The molecule has 0 bridgehead atoms. The highest BCUT2D eigenvalue weighted by Gasteiger charge is 2.18. The summed E-state index contributed by atoms with van der Waals surface area (Å²) >= 11 is 0. The highest BCUT2D eigenvalue weighted by Crippen LogP contribution is 2.25. The number of aromatic nitrogens is 3. The Kier molecular flexibility index (Phi) is 3.41. The number of aryl methyl sites for hydroxylation is 3. The van der Waals surface area contributed by atoms with Crippen molar-refractivity contribution in [1.82, 2.24) is 14.8 Å². The standard InChI is InChI=1S/C17H17N3O2/c1-4-12-5-7-13(8-6-12)20-16-15(11(3)19-20)14(17(21)22)9-10(2)18-16/h5-9H,4H2,1-3H3,(H,21,22). The highest BCUT2D eigenvalue weighted by molar-refractivity contribution is 6.03. The Hall–Kier alpha value is -2.69. The SMILES string of the molecule is CCc1ccc(-n2nc(C)c3c(C(=O)O)cc(C)nc32)cc1. The van der Waals surface area contributed by atoms with Gasteiger partial charge in [0.25, 0.3) is 0 Å². The van der Waals surface area contributed by atoms with Gasteiger partial charge in [-0.2, -0.15) is 5.10 Å². The quantitative estimate of drug-likeness (QED) is 0.805. The average molecular weight is 295 g/mol. The summed E-state index contributed by atoms with van der Waals surface area (Å²) in [6.07, 6.45) is 0.972. The summed E-state index contributed by atoms with van der Waals surface area (Å²) in [5.41, 5.74) is 4.28. The molecule has 0 fully saturated rings. The van der Waals surface area contributed by atoms with E-state index in [1.807, 2.05) is 31.2 Å². The van der Waals surface area contributed by atoms with Crippen LogP contribution in [0.15, 0.2) is 30.3 Å². The number of carboxylic acids is 1. The van der Waals surface area contributed by atoms with Crippen molar-refractivity contribution in [3.63, 3.8) is 0 Å². The molecule has 0 radical (unpaired) electrons. The molecule has 0 spiro atoms. The molecule has 0 saturated carbocycles. The Morgan fingerprint density at radius 2 is 1.91 bits per heavy atom. The average Bonchev–Trinajstić information content (AvgIpc) is 2.83. The first-order valence-electron chi connectivity index (χ1n) is 7.21. The molecule has 0 aliphatic heterocycles. The fourth-order valence-corrected chi connectivity index (χ4v) is 2.64. The number of carboxylic acid groups (broad SMARTS) is 1. The van der Waals surface area contributed by atoms with E-state index in [2.05, 4.69) is 17.0 Å². The number of pyridine rings is 1. The van der Waals surface area contributed by atoms with Crippen LogP contribution in [0.1, 0.15) is 34.2 Å². The predicted octanol–water partition coefficient (Wildman–Crippen LogP) is 3.30. The second-order valence-corrected chi connectivity index (χ2v) is 5.33. The van der Waals surface area contributed by atoms with Gasteiger partial charge in [0.05, 0.1) is 22.3 Å². The van der Waals surface area contributed by atoms with E-state index in [0.29, 0.717) is 22.4 Å². The van der Waals surface area contributed by atoms with Gasteiger partial charge < -0.3 is 5.11 Å². The van der Waals surface area contributed by atoms with E-state index in [4.69, 9.17) is 0 Å². The number of hydrogen-bond acceptors (Lipinski definition) is 3. The molecule has 5 nitrogen and oxygen atoms in total. The second kappa shape index (κ2) is 5.26. The summed E-state index contributed by atoms with van der Waals surface area (Å²) in [6.45, 7) is 5.70. The largest absolute Gasteiger partial charge is 0.478 e. The molecular weight excluding hydrogens is 278 g/mol. The van der Waals surface area contributed by atoms with Crippen LogP contribution in [-0.4, -0.2) is 25.8 Å². The van der Waals surface area contributed by atoms with Crippen LogP contribution in [0.25, 0.3) is 16.7 Å². The van der Waals surface area contributed by atoms with Gasteiger partial charge >= 0.3 is 5.97 Å². The molecule has 1 N–H and O–H groups in total. The molecule has 5 heteroatoms. The maximum Gasteiger partial charge on any atom is 0.336 e. The zero-order chi connectivity index (χ0) is 15.9. The normalized spacial score (nSPS) is 11.0. The van der Waals surface area contributed by atoms with E-state index in [1.165, 1.54) is 5.56 Å². The molecule has 0 aliphatic rings. The Morgan fingerprint density at radius 1 is 1.23 bits per heavy atom. The van der Waals surface area contributed by atoms with E-state index >= 15 is 0 Å². The van der Waals surface area contributed by atoms with Crippen molar-refractivity contribution in [3.8, 4) is 5.69 Å². The van der Waals surface area contributed by atoms with Crippen LogP contribution in [0, 0.1) is 13.8 Å². The zero-order valence-electron chi connectivity index (χ0n) is 12.8. The molecule has 1 aromatic carbocycles. The molecule has 0 atom stereocenters. The summed E-state index contributed by atoms with van der Waals surface area (Å²) in [6, 6.07) is 9.65. The first-order valence-corrected chi connectivity index (χ1v) is 7.21. The zero-order valence-corrected chi connectivity index (χ0v) is 12.8. The van der Waals surface area contributed by atoms with Crippen LogP contribution in [0.2, 0.25) is 0 Å². The van der Waals surface area contributed by atoms with Crippen LogP contribution < -0.4 is 0 Å². The van der Waals surface area contributed by atoms with Crippen molar-refractivity contribution in [2.45, 2.75) is 27.2 Å². The molecule has 0 aliphatic carbocycles. The lowest BCUT2D eigenvalue weighted by molar-refractivity contribution is 0.0698. The number of aromatic carboxylic acids is 1. The second-order valence-electron chi connectivity index (χ2n) is 5.33. The van der Waals surface area contributed by atoms with Crippen molar-refractivity contribution in [1.29, 1.82) is 0 Å².